The summed E-state index contributed by atoms with van der Waals surface area (Å²) in [6, 6.07) is 13.3. The number of halogens is 1. The first-order valence-electron chi connectivity index (χ1n) is 9.07. The first-order valence-corrected chi connectivity index (χ1v) is 9.07. The third-order valence-corrected chi connectivity index (χ3v) is 4.50. The number of nitrogens with one attached hydrogen (secondary N) is 1. The summed E-state index contributed by atoms with van der Waals surface area (Å²) in [6.45, 7) is 3.57. The molecule has 6 heteroatoms. The van der Waals surface area contributed by atoms with Crippen LogP contribution in [0.25, 0.3) is 0 Å². The maximum Gasteiger partial charge on any atom is 0.254 e. The maximum atomic E-state index is 13.6. The molecule has 1 aliphatic heterocycles. The lowest BCUT2D eigenvalue weighted by molar-refractivity contribution is -0.116. The number of morpholine rings is 1. The largest absolute Gasteiger partial charge is 0.375 e. The van der Waals surface area contributed by atoms with Crippen molar-refractivity contribution in [3.05, 3.63) is 65.5 Å². The van der Waals surface area contributed by atoms with Gasteiger partial charge in [-0.15, -0.1) is 0 Å². The van der Waals surface area contributed by atoms with Crippen molar-refractivity contribution in [1.29, 1.82) is 0 Å². The van der Waals surface area contributed by atoms with E-state index >= 15 is 0 Å². The summed E-state index contributed by atoms with van der Waals surface area (Å²) in [7, 11) is 0. The Labute approximate surface area is 158 Å². The highest BCUT2D eigenvalue weighted by Crippen LogP contribution is 2.16. The molecule has 0 radical (unpaired) electrons. The molecule has 142 valence electrons. The van der Waals surface area contributed by atoms with Crippen LogP contribution in [0.1, 0.15) is 29.3 Å². The molecule has 1 saturated heterocycles. The van der Waals surface area contributed by atoms with Gasteiger partial charge in [-0.25, -0.2) is 4.39 Å². The van der Waals surface area contributed by atoms with Crippen LogP contribution in [0, 0.1) is 5.82 Å². The fourth-order valence-corrected chi connectivity index (χ4v) is 3.09. The van der Waals surface area contributed by atoms with Gasteiger partial charge < -0.3 is 15.0 Å². The Bertz CT molecular complexity index is 825. The van der Waals surface area contributed by atoms with E-state index in [1.54, 1.807) is 47.4 Å². The Morgan fingerprint density at radius 2 is 2.04 bits per heavy atom. The van der Waals surface area contributed by atoms with Crippen LogP contribution in [0.15, 0.2) is 48.5 Å². The average Bonchev–Trinajstić information content (AvgIpc) is 2.67. The zero-order chi connectivity index (χ0) is 19.2. The molecular weight excluding hydrogens is 347 g/mol. The lowest BCUT2D eigenvalue weighted by Crippen LogP contribution is -2.44. The van der Waals surface area contributed by atoms with Crippen molar-refractivity contribution in [1.82, 2.24) is 4.90 Å². The molecule has 2 aromatic rings. The zero-order valence-corrected chi connectivity index (χ0v) is 15.3. The molecule has 1 atom stereocenters. The van der Waals surface area contributed by atoms with Gasteiger partial charge in [0, 0.05) is 30.8 Å². The maximum absolute atomic E-state index is 13.6. The topological polar surface area (TPSA) is 58.6 Å². The Morgan fingerprint density at radius 3 is 2.81 bits per heavy atom. The van der Waals surface area contributed by atoms with Crippen molar-refractivity contribution < 1.29 is 18.7 Å². The van der Waals surface area contributed by atoms with Crippen LogP contribution >= 0.6 is 0 Å². The molecule has 3 rings (SSSR count). The van der Waals surface area contributed by atoms with Crippen molar-refractivity contribution >= 4 is 17.5 Å². The molecule has 1 fully saturated rings. The smallest absolute Gasteiger partial charge is 0.254 e. The second-order valence-electron chi connectivity index (χ2n) is 6.65. The SMILES string of the molecule is CC1CN(C(=O)c2cccc(NC(=O)CCc3ccccc3F)c2)CCO1. The summed E-state index contributed by atoms with van der Waals surface area (Å²) in [6.07, 6.45) is 0.507. The zero-order valence-electron chi connectivity index (χ0n) is 15.3. The van der Waals surface area contributed by atoms with Gasteiger partial charge in [-0.1, -0.05) is 24.3 Å². The van der Waals surface area contributed by atoms with Gasteiger partial charge in [-0.3, -0.25) is 9.59 Å². The van der Waals surface area contributed by atoms with Gasteiger partial charge in [0.25, 0.3) is 5.91 Å². The van der Waals surface area contributed by atoms with Gasteiger partial charge in [0.05, 0.1) is 12.7 Å². The molecule has 0 bridgehead atoms. The molecule has 1 aliphatic rings. The van der Waals surface area contributed by atoms with E-state index in [4.69, 9.17) is 4.74 Å². The van der Waals surface area contributed by atoms with Crippen LogP contribution in [0.4, 0.5) is 10.1 Å². The van der Waals surface area contributed by atoms with Crippen molar-refractivity contribution in [2.45, 2.75) is 25.9 Å². The number of anilines is 1. The van der Waals surface area contributed by atoms with Crippen LogP contribution in [-0.4, -0.2) is 42.5 Å². The second-order valence-corrected chi connectivity index (χ2v) is 6.65. The summed E-state index contributed by atoms with van der Waals surface area (Å²) < 4.78 is 19.1. The molecule has 5 nitrogen and oxygen atoms in total. The highest BCUT2D eigenvalue weighted by atomic mass is 19.1. The Kier molecular flexibility index (Phi) is 6.19. The van der Waals surface area contributed by atoms with Crippen LogP contribution in [0.5, 0.6) is 0 Å². The molecular formula is C21H23FN2O3. The number of aryl methyl sites for hydroxylation is 1. The minimum absolute atomic E-state index is 0.0176. The Balaban J connectivity index is 1.59. The monoisotopic (exact) mass is 370 g/mol. The lowest BCUT2D eigenvalue weighted by atomic mass is 10.1. The van der Waals surface area contributed by atoms with Crippen molar-refractivity contribution in [2.75, 3.05) is 25.0 Å². The van der Waals surface area contributed by atoms with Crippen LogP contribution in [0.2, 0.25) is 0 Å². The molecule has 27 heavy (non-hydrogen) atoms. The highest BCUT2D eigenvalue weighted by Gasteiger charge is 2.22. The average molecular weight is 370 g/mol. The van der Waals surface area contributed by atoms with E-state index in [0.717, 1.165) is 0 Å². The Morgan fingerprint density at radius 1 is 1.22 bits per heavy atom. The molecule has 0 saturated carbocycles. The molecule has 0 aromatic heterocycles. The summed E-state index contributed by atoms with van der Waals surface area (Å²) in [5.74, 6) is -0.604. The van der Waals surface area contributed by atoms with Crippen molar-refractivity contribution in [3.63, 3.8) is 0 Å². The number of rotatable bonds is 5. The standard InChI is InChI=1S/C21H23FN2O3/c1-15-14-24(11-12-27-15)21(26)17-6-4-7-18(13-17)23-20(25)10-9-16-5-2-3-8-19(16)22/h2-8,13,15H,9-12,14H2,1H3,(H,23,25). The molecule has 1 heterocycles. The highest BCUT2D eigenvalue weighted by molar-refractivity contribution is 5.97. The van der Waals surface area contributed by atoms with Gasteiger partial charge in [0.15, 0.2) is 0 Å². The molecule has 2 amide bonds. The summed E-state index contributed by atoms with van der Waals surface area (Å²) in [4.78, 5) is 26.6. The van der Waals surface area contributed by atoms with Crippen LogP contribution in [-0.2, 0) is 16.0 Å². The molecule has 2 aromatic carbocycles. The van der Waals surface area contributed by atoms with Crippen molar-refractivity contribution in [3.8, 4) is 0 Å². The number of hydrogen-bond donors (Lipinski definition) is 1. The number of ether oxygens (including phenoxy) is 1. The number of carbonyl (C=O) groups excluding carboxylic acids is 2. The fraction of sp³-hybridized carbons (Fsp3) is 0.333. The lowest BCUT2D eigenvalue weighted by Gasteiger charge is -2.31. The van der Waals surface area contributed by atoms with Gasteiger partial charge in [0.2, 0.25) is 5.91 Å². The van der Waals surface area contributed by atoms with Gasteiger partial charge in [-0.05, 0) is 43.2 Å². The van der Waals surface area contributed by atoms with E-state index in [1.807, 2.05) is 6.92 Å². The third-order valence-electron chi connectivity index (χ3n) is 4.50. The van der Waals surface area contributed by atoms with E-state index in [1.165, 1.54) is 6.07 Å². The van der Waals surface area contributed by atoms with E-state index in [0.29, 0.717) is 42.9 Å². The first-order chi connectivity index (χ1) is 13.0. The van der Waals surface area contributed by atoms with E-state index in [2.05, 4.69) is 5.32 Å². The predicted octanol–water partition coefficient (Wildman–Crippen LogP) is 3.26. The minimum Gasteiger partial charge on any atom is -0.375 e. The first kappa shape index (κ1) is 19.0. The van der Waals surface area contributed by atoms with E-state index in [-0.39, 0.29) is 30.2 Å². The number of nitrogens with zero attached hydrogens (tertiary/aromatic N) is 1. The van der Waals surface area contributed by atoms with E-state index < -0.39 is 0 Å². The molecule has 1 unspecified atom stereocenters. The molecule has 1 N–H and O–H groups in total. The molecule has 0 aliphatic carbocycles. The third kappa shape index (κ3) is 5.14. The molecule has 0 spiro atoms. The second kappa shape index (κ2) is 8.77. The number of amides is 2. The van der Waals surface area contributed by atoms with Gasteiger partial charge in [-0.2, -0.15) is 0 Å². The summed E-state index contributed by atoms with van der Waals surface area (Å²) in [5, 5.41) is 2.78. The van der Waals surface area contributed by atoms with Crippen molar-refractivity contribution in [2.24, 2.45) is 0 Å². The van der Waals surface area contributed by atoms with Gasteiger partial charge in [0.1, 0.15) is 5.82 Å². The minimum atomic E-state index is -0.308. The fourth-order valence-electron chi connectivity index (χ4n) is 3.09. The number of hydrogen-bond acceptors (Lipinski definition) is 3. The normalized spacial score (nSPS) is 16.8. The summed E-state index contributed by atoms with van der Waals surface area (Å²) >= 11 is 0. The van der Waals surface area contributed by atoms with Crippen LogP contribution < -0.4 is 5.32 Å². The predicted molar refractivity (Wildman–Crippen MR) is 101 cm³/mol. The summed E-state index contributed by atoms with van der Waals surface area (Å²) in [5.41, 5.74) is 1.59. The van der Waals surface area contributed by atoms with Gasteiger partial charge >= 0.3 is 0 Å². The number of benzene rings is 2. The number of carbonyl (C=O) groups is 2. The van der Waals surface area contributed by atoms with Crippen LogP contribution in [0.3, 0.4) is 0 Å². The quantitative estimate of drug-likeness (QED) is 0.879. The van der Waals surface area contributed by atoms with E-state index in [9.17, 15) is 14.0 Å². The Hall–Kier alpha value is -2.73.